The van der Waals surface area contributed by atoms with Gasteiger partial charge in [0, 0.05) is 7.05 Å². The molecule has 1 amide bonds. The minimum absolute atomic E-state index is 0.0148. The second kappa shape index (κ2) is 4.35. The van der Waals surface area contributed by atoms with E-state index in [0.29, 0.717) is 5.69 Å². The van der Waals surface area contributed by atoms with Crippen molar-refractivity contribution >= 4 is 11.9 Å². The van der Waals surface area contributed by atoms with Crippen molar-refractivity contribution in [3.8, 4) is 0 Å². The van der Waals surface area contributed by atoms with Crippen LogP contribution in [0.2, 0.25) is 0 Å². The van der Waals surface area contributed by atoms with Gasteiger partial charge in [-0.1, -0.05) is 5.21 Å². The molecule has 0 radical (unpaired) electrons. The van der Waals surface area contributed by atoms with Crippen LogP contribution in [0.25, 0.3) is 0 Å². The van der Waals surface area contributed by atoms with Crippen LogP contribution in [0.5, 0.6) is 0 Å². The summed E-state index contributed by atoms with van der Waals surface area (Å²) in [5.41, 5.74) is 0.404. The highest BCUT2D eigenvalue weighted by atomic mass is 16.4. The van der Waals surface area contributed by atoms with Gasteiger partial charge in [-0.3, -0.25) is 9.59 Å². The van der Waals surface area contributed by atoms with Crippen molar-refractivity contribution in [1.29, 1.82) is 0 Å². The Bertz CT molecular complexity index is 346. The summed E-state index contributed by atoms with van der Waals surface area (Å²) >= 11 is 0. The third-order valence-electron chi connectivity index (χ3n) is 1.60. The molecule has 7 heteroatoms. The van der Waals surface area contributed by atoms with E-state index in [0.717, 1.165) is 0 Å². The largest absolute Gasteiger partial charge is 0.481 e. The van der Waals surface area contributed by atoms with Crippen molar-refractivity contribution in [3.05, 3.63) is 11.9 Å². The zero-order valence-corrected chi connectivity index (χ0v) is 7.60. The molecule has 0 aliphatic rings. The Kier molecular flexibility index (Phi) is 3.16. The summed E-state index contributed by atoms with van der Waals surface area (Å²) in [6.07, 6.45) is 1.14. The van der Waals surface area contributed by atoms with Crippen LogP contribution in [0.15, 0.2) is 6.20 Å². The monoisotopic (exact) mass is 198 g/mol. The third kappa shape index (κ3) is 2.54. The van der Waals surface area contributed by atoms with Crippen LogP contribution >= 0.6 is 0 Å². The first-order chi connectivity index (χ1) is 6.63. The second-order valence-electron chi connectivity index (χ2n) is 2.63. The van der Waals surface area contributed by atoms with E-state index in [4.69, 9.17) is 5.11 Å². The smallest absolute Gasteiger partial charge is 0.309 e. The molecule has 0 unspecified atom stereocenters. The zero-order valence-electron chi connectivity index (χ0n) is 7.60. The molecule has 0 atom stereocenters. The van der Waals surface area contributed by atoms with Crippen LogP contribution < -0.4 is 5.32 Å². The molecule has 1 aromatic heterocycles. The maximum atomic E-state index is 11.0. The molecule has 1 rings (SSSR count). The van der Waals surface area contributed by atoms with Crippen molar-refractivity contribution in [2.24, 2.45) is 0 Å². The van der Waals surface area contributed by atoms with E-state index in [1.165, 1.54) is 17.9 Å². The van der Waals surface area contributed by atoms with E-state index >= 15 is 0 Å². The first-order valence-corrected chi connectivity index (χ1v) is 3.93. The first kappa shape index (κ1) is 10.2. The van der Waals surface area contributed by atoms with Crippen molar-refractivity contribution < 1.29 is 14.7 Å². The van der Waals surface area contributed by atoms with Gasteiger partial charge in [0.1, 0.15) is 6.54 Å². The molecular formula is C7H10N4O3. The van der Waals surface area contributed by atoms with E-state index in [9.17, 15) is 9.59 Å². The quantitative estimate of drug-likeness (QED) is 0.623. The molecule has 14 heavy (non-hydrogen) atoms. The van der Waals surface area contributed by atoms with Crippen LogP contribution in [0.3, 0.4) is 0 Å². The fourth-order valence-corrected chi connectivity index (χ4v) is 0.919. The molecule has 2 N–H and O–H groups in total. The average molecular weight is 198 g/mol. The summed E-state index contributed by atoms with van der Waals surface area (Å²) in [7, 11) is 1.50. The van der Waals surface area contributed by atoms with E-state index < -0.39 is 5.97 Å². The summed E-state index contributed by atoms with van der Waals surface area (Å²) in [6, 6.07) is 0. The number of nitrogens with zero attached hydrogens (tertiary/aromatic N) is 3. The molecule has 0 aliphatic carbocycles. The lowest BCUT2D eigenvalue weighted by Crippen LogP contribution is -2.25. The van der Waals surface area contributed by atoms with Crippen molar-refractivity contribution in [2.45, 2.75) is 13.0 Å². The number of rotatable bonds is 4. The summed E-state index contributed by atoms with van der Waals surface area (Å²) in [5, 5.41) is 18.1. The molecule has 0 spiro atoms. The molecule has 7 nitrogen and oxygen atoms in total. The number of carboxylic acid groups (broad SMARTS) is 1. The summed E-state index contributed by atoms with van der Waals surface area (Å²) in [4.78, 5) is 21.4. The van der Waals surface area contributed by atoms with Crippen molar-refractivity contribution in [2.75, 3.05) is 7.05 Å². The van der Waals surface area contributed by atoms with E-state index in [1.54, 1.807) is 0 Å². The topological polar surface area (TPSA) is 97.1 Å². The van der Waals surface area contributed by atoms with Crippen molar-refractivity contribution in [3.63, 3.8) is 0 Å². The molecule has 0 saturated heterocycles. The highest BCUT2D eigenvalue weighted by Gasteiger charge is 2.10. The van der Waals surface area contributed by atoms with E-state index in [-0.39, 0.29) is 18.9 Å². The average Bonchev–Trinajstić information content (AvgIpc) is 2.52. The number of carboxylic acids is 1. The Hall–Kier alpha value is -1.92. The molecule has 0 aromatic carbocycles. The number of carbonyl (C=O) groups excluding carboxylic acids is 1. The van der Waals surface area contributed by atoms with E-state index in [1.807, 2.05) is 0 Å². The number of amides is 1. The fourth-order valence-electron chi connectivity index (χ4n) is 0.919. The molecule has 76 valence electrons. The van der Waals surface area contributed by atoms with Gasteiger partial charge in [0.05, 0.1) is 18.3 Å². The molecule has 1 aromatic rings. The van der Waals surface area contributed by atoms with Crippen LogP contribution in [0, 0.1) is 0 Å². The number of hydrogen-bond donors (Lipinski definition) is 2. The van der Waals surface area contributed by atoms with Crippen LogP contribution in [0.1, 0.15) is 5.69 Å². The summed E-state index contributed by atoms with van der Waals surface area (Å²) in [5.74, 6) is -1.23. The lowest BCUT2D eigenvalue weighted by atomic mass is 10.3. The zero-order chi connectivity index (χ0) is 10.6. The van der Waals surface area contributed by atoms with Gasteiger partial charge in [-0.05, 0) is 0 Å². The third-order valence-corrected chi connectivity index (χ3v) is 1.60. The predicted octanol–water partition coefficient (Wildman–Crippen LogP) is -1.35. The van der Waals surface area contributed by atoms with Gasteiger partial charge in [-0.15, -0.1) is 5.10 Å². The number of aromatic nitrogens is 3. The van der Waals surface area contributed by atoms with E-state index in [2.05, 4.69) is 15.6 Å². The highest BCUT2D eigenvalue weighted by Crippen LogP contribution is 1.97. The number of carbonyl (C=O) groups is 2. The number of aliphatic carboxylic acids is 1. The highest BCUT2D eigenvalue weighted by molar-refractivity contribution is 5.75. The molecule has 0 bridgehead atoms. The lowest BCUT2D eigenvalue weighted by molar-refractivity contribution is -0.136. The van der Waals surface area contributed by atoms with Gasteiger partial charge >= 0.3 is 5.97 Å². The maximum absolute atomic E-state index is 11.0. The normalized spacial score (nSPS) is 9.79. The Labute approximate surface area is 79.7 Å². The first-order valence-electron chi connectivity index (χ1n) is 3.93. The van der Waals surface area contributed by atoms with Crippen LogP contribution in [-0.2, 0) is 22.6 Å². The molecule has 0 aliphatic heterocycles. The maximum Gasteiger partial charge on any atom is 0.309 e. The van der Waals surface area contributed by atoms with Gasteiger partial charge in [-0.25, -0.2) is 4.68 Å². The Morgan fingerprint density at radius 1 is 1.64 bits per heavy atom. The molecule has 1 heterocycles. The Morgan fingerprint density at radius 2 is 2.36 bits per heavy atom. The van der Waals surface area contributed by atoms with Gasteiger partial charge < -0.3 is 10.4 Å². The summed E-state index contributed by atoms with van der Waals surface area (Å²) < 4.78 is 1.26. The van der Waals surface area contributed by atoms with Gasteiger partial charge in [0.2, 0.25) is 5.91 Å². The predicted molar refractivity (Wildman–Crippen MR) is 45.4 cm³/mol. The minimum Gasteiger partial charge on any atom is -0.481 e. The number of likely N-dealkylation sites (N-methyl/N-ethyl adjacent to an activating group) is 1. The standard InChI is InChI=1S/C7H10N4O3/c1-8-6(12)4-11-5(2-7(13)14)3-9-10-11/h3H,2,4H2,1H3,(H,8,12)(H,13,14). The number of nitrogens with one attached hydrogen (secondary N) is 1. The van der Waals surface area contributed by atoms with Crippen LogP contribution in [0.4, 0.5) is 0 Å². The Balaban J connectivity index is 2.72. The van der Waals surface area contributed by atoms with Gasteiger partial charge in [-0.2, -0.15) is 0 Å². The summed E-state index contributed by atoms with van der Waals surface area (Å²) in [6.45, 7) is -0.0148. The van der Waals surface area contributed by atoms with Crippen molar-refractivity contribution in [1.82, 2.24) is 20.3 Å². The Morgan fingerprint density at radius 3 is 2.93 bits per heavy atom. The lowest BCUT2D eigenvalue weighted by Gasteiger charge is -2.02. The molecule has 0 fully saturated rings. The van der Waals surface area contributed by atoms with Crippen LogP contribution in [-0.4, -0.2) is 39.0 Å². The number of hydrogen-bond acceptors (Lipinski definition) is 4. The molecule has 0 saturated carbocycles. The SMILES string of the molecule is CNC(=O)Cn1nncc1CC(=O)O. The fraction of sp³-hybridized carbons (Fsp3) is 0.429. The minimum atomic E-state index is -0.981. The second-order valence-corrected chi connectivity index (χ2v) is 2.63. The van der Waals surface area contributed by atoms with Gasteiger partial charge in [0.25, 0.3) is 0 Å². The molecular weight excluding hydrogens is 188 g/mol. The van der Waals surface area contributed by atoms with Gasteiger partial charge in [0.15, 0.2) is 0 Å².